The first kappa shape index (κ1) is 17.4. The van der Waals surface area contributed by atoms with Crippen molar-refractivity contribution in [1.82, 2.24) is 19.0 Å². The van der Waals surface area contributed by atoms with E-state index in [1.807, 2.05) is 25.9 Å². The first-order valence-electron chi connectivity index (χ1n) is 6.65. The molecule has 8 heteroatoms. The molecule has 0 bridgehead atoms. The molecule has 1 heterocycles. The molecule has 0 aromatic carbocycles. The lowest BCUT2D eigenvalue weighted by Gasteiger charge is -2.22. The zero-order chi connectivity index (χ0) is 15.2. The molecule has 1 aromatic rings. The Balaban J connectivity index is 2.90. The van der Waals surface area contributed by atoms with Gasteiger partial charge in [-0.15, -0.1) is 11.6 Å². The van der Waals surface area contributed by atoms with Crippen LogP contribution >= 0.6 is 11.6 Å². The molecule has 116 valence electrons. The standard InChI is InChI=1S/C12H23ClN4O2S/c1-4-6-17(9-8-15(2)3)20(18,19)12-10-14-16(11-12)7-5-13/h10-11H,4-9H2,1-3H3. The van der Waals surface area contributed by atoms with Crippen molar-refractivity contribution in [3.8, 4) is 0 Å². The van der Waals surface area contributed by atoms with Crippen molar-refractivity contribution >= 4 is 21.6 Å². The second-order valence-corrected chi connectivity index (χ2v) is 7.15. The molecule has 6 nitrogen and oxygen atoms in total. The van der Waals surface area contributed by atoms with Gasteiger partial charge in [0.25, 0.3) is 0 Å². The van der Waals surface area contributed by atoms with Gasteiger partial charge in [-0.25, -0.2) is 8.42 Å². The van der Waals surface area contributed by atoms with E-state index in [0.717, 1.165) is 6.42 Å². The normalized spacial score (nSPS) is 12.5. The first-order valence-corrected chi connectivity index (χ1v) is 8.62. The van der Waals surface area contributed by atoms with E-state index < -0.39 is 10.0 Å². The van der Waals surface area contributed by atoms with Crippen molar-refractivity contribution in [2.45, 2.75) is 24.8 Å². The van der Waals surface area contributed by atoms with Gasteiger partial charge in [0, 0.05) is 31.7 Å². The minimum absolute atomic E-state index is 0.231. The van der Waals surface area contributed by atoms with Gasteiger partial charge < -0.3 is 4.90 Å². The summed E-state index contributed by atoms with van der Waals surface area (Å²) in [5.74, 6) is 0.403. The summed E-state index contributed by atoms with van der Waals surface area (Å²) in [5, 5.41) is 4.03. The van der Waals surface area contributed by atoms with Crippen LogP contribution in [0.15, 0.2) is 17.3 Å². The van der Waals surface area contributed by atoms with Crippen molar-refractivity contribution in [1.29, 1.82) is 0 Å². The average molecular weight is 323 g/mol. The Bertz CT molecular complexity index is 501. The summed E-state index contributed by atoms with van der Waals surface area (Å²) < 4.78 is 28.2. The van der Waals surface area contributed by atoms with Gasteiger partial charge in [-0.3, -0.25) is 4.68 Å². The van der Waals surface area contributed by atoms with Gasteiger partial charge in [0.1, 0.15) is 4.90 Å². The highest BCUT2D eigenvalue weighted by Gasteiger charge is 2.25. The summed E-state index contributed by atoms with van der Waals surface area (Å²) in [6.45, 7) is 4.15. The topological polar surface area (TPSA) is 58.4 Å². The van der Waals surface area contributed by atoms with Gasteiger partial charge in [-0.2, -0.15) is 9.40 Å². The third kappa shape index (κ3) is 4.73. The second-order valence-electron chi connectivity index (χ2n) is 4.84. The maximum Gasteiger partial charge on any atom is 0.246 e. The molecule has 0 aliphatic rings. The van der Waals surface area contributed by atoms with E-state index in [1.165, 1.54) is 16.7 Å². The highest BCUT2D eigenvalue weighted by atomic mass is 35.5. The lowest BCUT2D eigenvalue weighted by molar-refractivity contribution is 0.333. The van der Waals surface area contributed by atoms with Gasteiger partial charge in [0.2, 0.25) is 10.0 Å². The summed E-state index contributed by atoms with van der Waals surface area (Å²) in [6, 6.07) is 0. The lowest BCUT2D eigenvalue weighted by Crippen LogP contribution is -2.37. The van der Waals surface area contributed by atoms with Crippen molar-refractivity contribution in [2.75, 3.05) is 39.6 Å². The molecular formula is C12H23ClN4O2S. The molecule has 0 aliphatic heterocycles. The van der Waals surface area contributed by atoms with Crippen LogP contribution in [0.3, 0.4) is 0 Å². The number of hydrogen-bond acceptors (Lipinski definition) is 4. The minimum Gasteiger partial charge on any atom is -0.308 e. The summed E-state index contributed by atoms with van der Waals surface area (Å²) in [7, 11) is 0.376. The predicted octanol–water partition coefficient (Wildman–Crippen LogP) is 1.08. The number of nitrogens with zero attached hydrogens (tertiary/aromatic N) is 4. The number of sulfonamides is 1. The van der Waals surface area contributed by atoms with E-state index >= 15 is 0 Å². The van der Waals surface area contributed by atoms with E-state index in [1.54, 1.807) is 4.68 Å². The van der Waals surface area contributed by atoms with Crippen LogP contribution in [0.25, 0.3) is 0 Å². The van der Waals surface area contributed by atoms with Crippen molar-refractivity contribution in [3.05, 3.63) is 12.4 Å². The Labute approximate surface area is 126 Å². The van der Waals surface area contributed by atoms with Crippen LogP contribution < -0.4 is 0 Å². The highest BCUT2D eigenvalue weighted by molar-refractivity contribution is 7.89. The van der Waals surface area contributed by atoms with Crippen molar-refractivity contribution in [3.63, 3.8) is 0 Å². The summed E-state index contributed by atoms with van der Waals surface area (Å²) in [6.07, 6.45) is 3.71. The molecule has 0 saturated carbocycles. The van der Waals surface area contributed by atoms with Gasteiger partial charge in [0.15, 0.2) is 0 Å². The quantitative estimate of drug-likeness (QED) is 0.638. The van der Waals surface area contributed by atoms with Gasteiger partial charge in [-0.05, 0) is 20.5 Å². The molecule has 0 unspecified atom stereocenters. The zero-order valence-electron chi connectivity index (χ0n) is 12.3. The smallest absolute Gasteiger partial charge is 0.246 e. The molecule has 0 fully saturated rings. The van der Waals surface area contributed by atoms with Crippen LogP contribution in [0.5, 0.6) is 0 Å². The Morgan fingerprint density at radius 1 is 1.30 bits per heavy atom. The Hall–Kier alpha value is -0.630. The van der Waals surface area contributed by atoms with E-state index in [4.69, 9.17) is 11.6 Å². The molecule has 1 aromatic heterocycles. The summed E-state index contributed by atoms with van der Waals surface area (Å²) in [5.41, 5.74) is 0. The maximum atomic E-state index is 12.6. The molecule has 0 aliphatic carbocycles. The molecular weight excluding hydrogens is 300 g/mol. The second kappa shape index (κ2) is 7.97. The summed E-state index contributed by atoms with van der Waals surface area (Å²) >= 11 is 5.63. The van der Waals surface area contributed by atoms with Gasteiger partial charge in [-0.1, -0.05) is 6.92 Å². The van der Waals surface area contributed by atoms with E-state index in [-0.39, 0.29) is 4.90 Å². The zero-order valence-corrected chi connectivity index (χ0v) is 13.9. The molecule has 0 amide bonds. The fourth-order valence-corrected chi connectivity index (χ4v) is 3.40. The third-order valence-electron chi connectivity index (χ3n) is 2.83. The predicted molar refractivity (Wildman–Crippen MR) is 80.6 cm³/mol. The molecule has 20 heavy (non-hydrogen) atoms. The fraction of sp³-hybridized carbons (Fsp3) is 0.750. The monoisotopic (exact) mass is 322 g/mol. The molecule has 0 radical (unpaired) electrons. The average Bonchev–Trinajstić information content (AvgIpc) is 2.83. The number of halogens is 1. The molecule has 0 N–H and O–H groups in total. The Morgan fingerprint density at radius 3 is 2.55 bits per heavy atom. The number of aryl methyl sites for hydroxylation is 1. The van der Waals surface area contributed by atoms with Crippen LogP contribution in [0.1, 0.15) is 13.3 Å². The highest BCUT2D eigenvalue weighted by Crippen LogP contribution is 2.15. The number of hydrogen-bond donors (Lipinski definition) is 0. The van der Waals surface area contributed by atoms with Gasteiger partial charge in [0.05, 0.1) is 12.7 Å². The van der Waals surface area contributed by atoms with E-state index in [2.05, 4.69) is 5.10 Å². The van der Waals surface area contributed by atoms with Gasteiger partial charge >= 0.3 is 0 Å². The largest absolute Gasteiger partial charge is 0.308 e. The maximum absolute atomic E-state index is 12.6. The number of rotatable bonds is 9. The minimum atomic E-state index is -3.48. The van der Waals surface area contributed by atoms with Crippen molar-refractivity contribution in [2.24, 2.45) is 0 Å². The van der Waals surface area contributed by atoms with E-state index in [9.17, 15) is 8.42 Å². The fourth-order valence-electron chi connectivity index (χ4n) is 1.75. The third-order valence-corrected chi connectivity index (χ3v) is 4.85. The first-order chi connectivity index (χ1) is 9.41. The number of likely N-dealkylation sites (N-methyl/N-ethyl adjacent to an activating group) is 1. The molecule has 0 atom stereocenters. The molecule has 0 saturated heterocycles. The Morgan fingerprint density at radius 2 is 2.00 bits per heavy atom. The molecule has 0 spiro atoms. The summed E-state index contributed by atoms with van der Waals surface area (Å²) in [4.78, 5) is 2.20. The molecule has 1 rings (SSSR count). The van der Waals surface area contributed by atoms with Crippen LogP contribution in [-0.4, -0.2) is 67.0 Å². The van der Waals surface area contributed by atoms with E-state index in [0.29, 0.717) is 32.1 Å². The van der Waals surface area contributed by atoms with Crippen LogP contribution in [0.2, 0.25) is 0 Å². The van der Waals surface area contributed by atoms with Crippen LogP contribution in [0, 0.1) is 0 Å². The SMILES string of the molecule is CCCN(CCN(C)C)S(=O)(=O)c1cnn(CCCl)c1. The number of aromatic nitrogens is 2. The Kier molecular flexibility index (Phi) is 6.94. The lowest BCUT2D eigenvalue weighted by atomic mass is 10.4. The number of alkyl halides is 1. The van der Waals surface area contributed by atoms with Crippen LogP contribution in [-0.2, 0) is 16.6 Å². The van der Waals surface area contributed by atoms with Crippen LogP contribution in [0.4, 0.5) is 0 Å². The van der Waals surface area contributed by atoms with Crippen molar-refractivity contribution < 1.29 is 8.42 Å².